The van der Waals surface area contributed by atoms with Crippen LogP contribution in [-0.4, -0.2) is 11.5 Å². The minimum absolute atomic E-state index is 0.125. The molecule has 0 saturated heterocycles. The molecule has 0 radical (unpaired) electrons. The van der Waals surface area contributed by atoms with Crippen LogP contribution in [0.5, 0.6) is 0 Å². The summed E-state index contributed by atoms with van der Waals surface area (Å²) in [4.78, 5) is 4.86. The summed E-state index contributed by atoms with van der Waals surface area (Å²) >= 11 is 1.56. The minimum atomic E-state index is -0.222. The highest BCUT2D eigenvalue weighted by Gasteiger charge is 2.11. The van der Waals surface area contributed by atoms with E-state index in [1.165, 1.54) is 12.1 Å². The van der Waals surface area contributed by atoms with Crippen LogP contribution >= 0.6 is 11.8 Å². The van der Waals surface area contributed by atoms with E-state index in [9.17, 15) is 4.39 Å². The highest BCUT2D eigenvalue weighted by atomic mass is 32.2. The van der Waals surface area contributed by atoms with E-state index in [0.29, 0.717) is 6.54 Å². The molecule has 2 aromatic rings. The molecule has 2 rings (SSSR count). The summed E-state index contributed by atoms with van der Waals surface area (Å²) in [5, 5.41) is 0.125. The van der Waals surface area contributed by atoms with Gasteiger partial charge in [0.25, 0.3) is 0 Å². The summed E-state index contributed by atoms with van der Waals surface area (Å²) < 4.78 is 13.1. The second-order valence-corrected chi connectivity index (χ2v) is 4.86. The van der Waals surface area contributed by atoms with Gasteiger partial charge in [0.2, 0.25) is 0 Å². The highest BCUT2D eigenvalue weighted by molar-refractivity contribution is 7.99. The molecule has 0 bridgehead atoms. The number of halogens is 1. The molecule has 1 aromatic heterocycles. The molecule has 0 aliphatic rings. The summed E-state index contributed by atoms with van der Waals surface area (Å²) in [7, 11) is 0. The Bertz CT molecular complexity index is 476. The lowest BCUT2D eigenvalue weighted by atomic mass is 10.2. The SMILES string of the molecule is NCC(Sc1cccc(F)c1)c1ccncc1. The molecule has 1 aromatic carbocycles. The number of thioether (sulfide) groups is 1. The van der Waals surface area contributed by atoms with Gasteiger partial charge in [0, 0.05) is 29.1 Å². The zero-order valence-electron chi connectivity index (χ0n) is 9.21. The average molecular weight is 248 g/mol. The predicted octanol–water partition coefficient (Wildman–Crippen LogP) is 3.01. The normalized spacial score (nSPS) is 12.4. The Labute approximate surface area is 104 Å². The van der Waals surface area contributed by atoms with Crippen molar-refractivity contribution in [2.24, 2.45) is 5.73 Å². The molecule has 88 valence electrons. The molecular weight excluding hydrogens is 235 g/mol. The summed E-state index contributed by atoms with van der Waals surface area (Å²) in [5.41, 5.74) is 6.86. The van der Waals surface area contributed by atoms with Crippen LogP contribution in [0.15, 0.2) is 53.7 Å². The summed E-state index contributed by atoms with van der Waals surface area (Å²) in [6, 6.07) is 10.4. The number of benzene rings is 1. The molecule has 2 N–H and O–H groups in total. The molecule has 0 spiro atoms. The van der Waals surface area contributed by atoms with Crippen molar-refractivity contribution >= 4 is 11.8 Å². The molecule has 1 unspecified atom stereocenters. The first-order valence-corrected chi connectivity index (χ1v) is 6.20. The van der Waals surface area contributed by atoms with E-state index in [1.54, 1.807) is 30.2 Å². The molecule has 1 heterocycles. The zero-order valence-corrected chi connectivity index (χ0v) is 10.0. The van der Waals surface area contributed by atoms with E-state index in [0.717, 1.165) is 10.5 Å². The first kappa shape index (κ1) is 12.1. The fraction of sp³-hybridized carbons (Fsp3) is 0.154. The van der Waals surface area contributed by atoms with Gasteiger partial charge in [0.1, 0.15) is 5.82 Å². The monoisotopic (exact) mass is 248 g/mol. The number of pyridine rings is 1. The molecule has 4 heteroatoms. The van der Waals surface area contributed by atoms with Crippen molar-refractivity contribution in [3.8, 4) is 0 Å². The summed E-state index contributed by atoms with van der Waals surface area (Å²) in [6.07, 6.45) is 3.48. The average Bonchev–Trinajstić information content (AvgIpc) is 2.37. The van der Waals surface area contributed by atoms with Gasteiger partial charge in [-0.15, -0.1) is 11.8 Å². The van der Waals surface area contributed by atoms with E-state index in [2.05, 4.69) is 4.98 Å². The van der Waals surface area contributed by atoms with E-state index in [4.69, 9.17) is 5.73 Å². The third-order valence-corrected chi connectivity index (χ3v) is 3.64. The topological polar surface area (TPSA) is 38.9 Å². The first-order chi connectivity index (χ1) is 8.29. The van der Waals surface area contributed by atoms with Crippen molar-refractivity contribution < 1.29 is 4.39 Å². The van der Waals surface area contributed by atoms with E-state index < -0.39 is 0 Å². The fourth-order valence-electron chi connectivity index (χ4n) is 1.53. The maximum absolute atomic E-state index is 13.1. The fourth-order valence-corrected chi connectivity index (χ4v) is 2.59. The number of hydrogen-bond donors (Lipinski definition) is 1. The number of hydrogen-bond acceptors (Lipinski definition) is 3. The maximum Gasteiger partial charge on any atom is 0.124 e. The van der Waals surface area contributed by atoms with Crippen LogP contribution < -0.4 is 5.73 Å². The Morgan fingerprint density at radius 1 is 1.24 bits per heavy atom. The number of rotatable bonds is 4. The third kappa shape index (κ3) is 3.28. The molecule has 17 heavy (non-hydrogen) atoms. The first-order valence-electron chi connectivity index (χ1n) is 5.32. The molecule has 0 fully saturated rings. The second kappa shape index (κ2) is 5.80. The van der Waals surface area contributed by atoms with Crippen molar-refractivity contribution in [3.63, 3.8) is 0 Å². The van der Waals surface area contributed by atoms with Gasteiger partial charge < -0.3 is 5.73 Å². The Morgan fingerprint density at radius 3 is 2.65 bits per heavy atom. The second-order valence-electron chi connectivity index (χ2n) is 3.58. The quantitative estimate of drug-likeness (QED) is 0.845. The third-order valence-electron chi connectivity index (χ3n) is 2.37. The Balaban J connectivity index is 2.16. The van der Waals surface area contributed by atoms with Crippen LogP contribution in [0.3, 0.4) is 0 Å². The molecule has 1 atom stereocenters. The van der Waals surface area contributed by atoms with Crippen molar-refractivity contribution in [2.45, 2.75) is 10.1 Å². The van der Waals surface area contributed by atoms with Crippen LogP contribution in [-0.2, 0) is 0 Å². The largest absolute Gasteiger partial charge is 0.329 e. The van der Waals surface area contributed by atoms with Crippen molar-refractivity contribution in [3.05, 3.63) is 60.2 Å². The molecule has 2 nitrogen and oxygen atoms in total. The standard InChI is InChI=1S/C13H13FN2S/c14-11-2-1-3-12(8-11)17-13(9-15)10-4-6-16-7-5-10/h1-8,13H,9,15H2. The zero-order chi connectivity index (χ0) is 12.1. The van der Waals surface area contributed by atoms with E-state index >= 15 is 0 Å². The summed E-state index contributed by atoms with van der Waals surface area (Å²) in [6.45, 7) is 0.505. The number of nitrogens with two attached hydrogens (primary N) is 1. The van der Waals surface area contributed by atoms with Gasteiger partial charge in [-0.25, -0.2) is 4.39 Å². The summed E-state index contributed by atoms with van der Waals surface area (Å²) in [5.74, 6) is -0.222. The Hall–Kier alpha value is -1.39. The molecule has 0 saturated carbocycles. The van der Waals surface area contributed by atoms with E-state index in [-0.39, 0.29) is 11.1 Å². The highest BCUT2D eigenvalue weighted by Crippen LogP contribution is 2.34. The van der Waals surface area contributed by atoms with Crippen LogP contribution in [0, 0.1) is 5.82 Å². The Kier molecular flexibility index (Phi) is 4.12. The molecule has 0 amide bonds. The number of nitrogens with zero attached hydrogens (tertiary/aromatic N) is 1. The van der Waals surface area contributed by atoms with Crippen LogP contribution in [0.2, 0.25) is 0 Å². The Morgan fingerprint density at radius 2 is 2.00 bits per heavy atom. The van der Waals surface area contributed by atoms with Gasteiger partial charge in [-0.05, 0) is 35.9 Å². The van der Waals surface area contributed by atoms with Gasteiger partial charge in [-0.2, -0.15) is 0 Å². The molecule has 0 aliphatic heterocycles. The molecular formula is C13H13FN2S. The smallest absolute Gasteiger partial charge is 0.124 e. The van der Waals surface area contributed by atoms with Gasteiger partial charge in [-0.1, -0.05) is 6.07 Å². The van der Waals surface area contributed by atoms with Crippen molar-refractivity contribution in [1.82, 2.24) is 4.98 Å². The van der Waals surface area contributed by atoms with Crippen molar-refractivity contribution in [1.29, 1.82) is 0 Å². The lowest BCUT2D eigenvalue weighted by Gasteiger charge is -2.14. The lowest BCUT2D eigenvalue weighted by Crippen LogP contribution is -2.09. The van der Waals surface area contributed by atoms with Gasteiger partial charge in [-0.3, -0.25) is 4.98 Å². The van der Waals surface area contributed by atoms with Gasteiger partial charge in [0.15, 0.2) is 0 Å². The van der Waals surface area contributed by atoms with Gasteiger partial charge in [0.05, 0.1) is 0 Å². The minimum Gasteiger partial charge on any atom is -0.329 e. The maximum atomic E-state index is 13.1. The van der Waals surface area contributed by atoms with Crippen LogP contribution in [0.1, 0.15) is 10.8 Å². The molecule has 0 aliphatic carbocycles. The van der Waals surface area contributed by atoms with E-state index in [1.807, 2.05) is 18.2 Å². The van der Waals surface area contributed by atoms with Crippen LogP contribution in [0.25, 0.3) is 0 Å². The van der Waals surface area contributed by atoms with Gasteiger partial charge >= 0.3 is 0 Å². The van der Waals surface area contributed by atoms with Crippen molar-refractivity contribution in [2.75, 3.05) is 6.54 Å². The van der Waals surface area contributed by atoms with Crippen LogP contribution in [0.4, 0.5) is 4.39 Å². The predicted molar refractivity (Wildman–Crippen MR) is 68.3 cm³/mol. The number of aromatic nitrogens is 1. The lowest BCUT2D eigenvalue weighted by molar-refractivity contribution is 0.624.